The molecule has 0 heterocycles. The van der Waals surface area contributed by atoms with Crippen LogP contribution in [0.4, 0.5) is 0 Å². The summed E-state index contributed by atoms with van der Waals surface area (Å²) in [4.78, 5) is 0. The molecular weight excluding hydrogens is 184 g/mol. The van der Waals surface area contributed by atoms with Crippen LogP contribution in [0.25, 0.3) is 0 Å². The summed E-state index contributed by atoms with van der Waals surface area (Å²) in [6.45, 7) is 0.362. The van der Waals surface area contributed by atoms with Gasteiger partial charge in [-0.25, -0.2) is 0 Å². The molecule has 0 fully saturated rings. The van der Waals surface area contributed by atoms with Gasteiger partial charge in [0, 0.05) is 18.2 Å². The number of nitrogens with two attached hydrogens (primary N) is 2. The van der Waals surface area contributed by atoms with E-state index in [0.717, 1.165) is 12.1 Å². The van der Waals surface area contributed by atoms with Crippen LogP contribution in [-0.2, 0) is 0 Å². The Morgan fingerprint density at radius 2 is 1.64 bits per heavy atom. The van der Waals surface area contributed by atoms with Gasteiger partial charge >= 0.3 is 0 Å². The van der Waals surface area contributed by atoms with Crippen molar-refractivity contribution >= 4 is 0 Å². The highest BCUT2D eigenvalue weighted by atomic mass is 16.3. The van der Waals surface area contributed by atoms with Gasteiger partial charge in [0.2, 0.25) is 0 Å². The van der Waals surface area contributed by atoms with E-state index in [0.29, 0.717) is 13.0 Å². The van der Waals surface area contributed by atoms with Crippen molar-refractivity contribution in [1.29, 1.82) is 0 Å². The van der Waals surface area contributed by atoms with Gasteiger partial charge in [0.1, 0.15) is 17.2 Å². The quantitative estimate of drug-likeness (QED) is 0.474. The van der Waals surface area contributed by atoms with Crippen LogP contribution in [0.3, 0.4) is 0 Å². The maximum Gasteiger partial charge on any atom is 0.127 e. The van der Waals surface area contributed by atoms with Crippen LogP contribution in [0.5, 0.6) is 17.2 Å². The molecule has 0 bridgehead atoms. The van der Waals surface area contributed by atoms with Crippen LogP contribution >= 0.6 is 0 Å². The van der Waals surface area contributed by atoms with E-state index in [4.69, 9.17) is 16.6 Å². The zero-order valence-corrected chi connectivity index (χ0v) is 7.64. The monoisotopic (exact) mass is 198 g/mol. The van der Waals surface area contributed by atoms with Crippen LogP contribution in [0.15, 0.2) is 12.1 Å². The molecule has 0 spiro atoms. The lowest BCUT2D eigenvalue weighted by atomic mass is 10.0. The minimum Gasteiger partial charge on any atom is -0.508 e. The Labute approximate surface area is 81.6 Å². The number of phenols is 3. The predicted octanol–water partition coefficient (Wildman–Crippen LogP) is 0.152. The summed E-state index contributed by atoms with van der Waals surface area (Å²) >= 11 is 0. The van der Waals surface area contributed by atoms with E-state index in [1.807, 2.05) is 0 Å². The smallest absolute Gasteiger partial charge is 0.127 e. The summed E-state index contributed by atoms with van der Waals surface area (Å²) in [5, 5.41) is 27.9. The zero-order chi connectivity index (χ0) is 10.7. The van der Waals surface area contributed by atoms with E-state index < -0.39 is 6.04 Å². The van der Waals surface area contributed by atoms with Crippen LogP contribution in [0.2, 0.25) is 0 Å². The molecule has 0 radical (unpaired) electrons. The highest BCUT2D eigenvalue weighted by Crippen LogP contribution is 2.36. The van der Waals surface area contributed by atoms with E-state index in [1.165, 1.54) is 0 Å². The lowest BCUT2D eigenvalue weighted by molar-refractivity contribution is 0.410. The normalized spacial score (nSPS) is 12.7. The molecule has 1 atom stereocenters. The Hall–Kier alpha value is -1.46. The molecule has 78 valence electrons. The van der Waals surface area contributed by atoms with Crippen molar-refractivity contribution in [1.82, 2.24) is 0 Å². The fraction of sp³-hybridized carbons (Fsp3) is 0.333. The van der Waals surface area contributed by atoms with Gasteiger partial charge in [0.25, 0.3) is 0 Å². The number of phenolic OH excluding ortho intramolecular Hbond substituents is 3. The van der Waals surface area contributed by atoms with E-state index in [1.54, 1.807) is 0 Å². The number of hydrogen-bond acceptors (Lipinski definition) is 5. The molecule has 0 saturated carbocycles. The minimum absolute atomic E-state index is 0.205. The highest BCUT2D eigenvalue weighted by Gasteiger charge is 2.16. The van der Waals surface area contributed by atoms with Gasteiger partial charge in [0.05, 0.1) is 5.56 Å². The Kier molecular flexibility index (Phi) is 3.16. The molecular formula is C9H14N2O3. The topological polar surface area (TPSA) is 113 Å². The maximum atomic E-state index is 9.43. The van der Waals surface area contributed by atoms with E-state index >= 15 is 0 Å². The van der Waals surface area contributed by atoms with Crippen LogP contribution in [0, 0.1) is 0 Å². The third-order valence-corrected chi connectivity index (χ3v) is 1.97. The summed E-state index contributed by atoms with van der Waals surface area (Å²) in [6.07, 6.45) is 0.450. The molecule has 0 aliphatic carbocycles. The summed E-state index contributed by atoms with van der Waals surface area (Å²) in [7, 11) is 0. The average Bonchev–Trinajstić information content (AvgIpc) is 2.01. The molecule has 0 aliphatic rings. The number of aromatic hydroxyl groups is 3. The predicted molar refractivity (Wildman–Crippen MR) is 52.0 cm³/mol. The van der Waals surface area contributed by atoms with E-state index in [9.17, 15) is 10.2 Å². The summed E-state index contributed by atoms with van der Waals surface area (Å²) in [5.74, 6) is -0.643. The fourth-order valence-corrected chi connectivity index (χ4v) is 1.31. The van der Waals surface area contributed by atoms with Crippen LogP contribution in [-0.4, -0.2) is 21.9 Å². The molecule has 0 saturated heterocycles. The molecule has 5 nitrogen and oxygen atoms in total. The second-order valence-electron chi connectivity index (χ2n) is 3.08. The first-order valence-corrected chi connectivity index (χ1v) is 4.26. The third-order valence-electron chi connectivity index (χ3n) is 1.97. The van der Waals surface area contributed by atoms with Crippen molar-refractivity contribution in [3.63, 3.8) is 0 Å². The van der Waals surface area contributed by atoms with Crippen LogP contribution < -0.4 is 11.5 Å². The van der Waals surface area contributed by atoms with Crippen molar-refractivity contribution in [3.05, 3.63) is 17.7 Å². The first-order chi connectivity index (χ1) is 6.56. The Morgan fingerprint density at radius 1 is 1.14 bits per heavy atom. The van der Waals surface area contributed by atoms with Gasteiger partial charge in [0.15, 0.2) is 0 Å². The Bertz CT molecular complexity index is 305. The molecule has 1 aromatic rings. The maximum absolute atomic E-state index is 9.43. The minimum atomic E-state index is -0.527. The van der Waals surface area contributed by atoms with Crippen molar-refractivity contribution in [2.24, 2.45) is 11.5 Å². The first kappa shape index (κ1) is 10.6. The molecule has 14 heavy (non-hydrogen) atoms. The first-order valence-electron chi connectivity index (χ1n) is 4.26. The molecule has 0 amide bonds. The van der Waals surface area contributed by atoms with Gasteiger partial charge in [-0.05, 0) is 13.0 Å². The van der Waals surface area contributed by atoms with Gasteiger partial charge in [-0.3, -0.25) is 0 Å². The number of hydrogen-bond donors (Lipinski definition) is 5. The van der Waals surface area contributed by atoms with Crippen molar-refractivity contribution in [2.45, 2.75) is 12.5 Å². The summed E-state index contributed by atoms with van der Waals surface area (Å²) < 4.78 is 0. The second kappa shape index (κ2) is 4.17. The van der Waals surface area contributed by atoms with Gasteiger partial charge in [-0.15, -0.1) is 0 Å². The van der Waals surface area contributed by atoms with Gasteiger partial charge < -0.3 is 26.8 Å². The van der Waals surface area contributed by atoms with Gasteiger partial charge in [-0.1, -0.05) is 0 Å². The lowest BCUT2D eigenvalue weighted by Gasteiger charge is -2.14. The Morgan fingerprint density at radius 3 is 2.07 bits per heavy atom. The largest absolute Gasteiger partial charge is 0.508 e. The molecule has 0 aliphatic heterocycles. The van der Waals surface area contributed by atoms with Gasteiger partial charge in [-0.2, -0.15) is 0 Å². The van der Waals surface area contributed by atoms with Crippen molar-refractivity contribution < 1.29 is 15.3 Å². The fourth-order valence-electron chi connectivity index (χ4n) is 1.31. The molecule has 1 rings (SSSR count). The Balaban J connectivity index is 3.07. The molecule has 0 unspecified atom stereocenters. The lowest BCUT2D eigenvalue weighted by Crippen LogP contribution is -2.15. The van der Waals surface area contributed by atoms with Crippen molar-refractivity contribution in [3.8, 4) is 17.2 Å². The third kappa shape index (κ3) is 2.07. The molecule has 5 heteroatoms. The summed E-state index contributed by atoms with van der Waals surface area (Å²) in [5.41, 5.74) is 11.2. The molecule has 7 N–H and O–H groups in total. The SMILES string of the molecule is NCC[C@H](N)c1c(O)cc(O)cc1O. The average molecular weight is 198 g/mol. The second-order valence-corrected chi connectivity index (χ2v) is 3.08. The van der Waals surface area contributed by atoms with Crippen molar-refractivity contribution in [2.75, 3.05) is 6.54 Å². The van der Waals surface area contributed by atoms with E-state index in [2.05, 4.69) is 0 Å². The zero-order valence-electron chi connectivity index (χ0n) is 7.64. The highest BCUT2D eigenvalue weighted by molar-refractivity contribution is 5.50. The molecule has 0 aromatic heterocycles. The van der Waals surface area contributed by atoms with E-state index in [-0.39, 0.29) is 22.8 Å². The summed E-state index contributed by atoms with van der Waals surface area (Å²) in [6, 6.07) is 1.73. The van der Waals surface area contributed by atoms with Crippen LogP contribution in [0.1, 0.15) is 18.0 Å². The number of rotatable bonds is 3. The molecule has 1 aromatic carbocycles. The standard InChI is InChI=1S/C9H14N2O3/c10-2-1-6(11)9-7(13)3-5(12)4-8(9)14/h3-4,6,12-14H,1-2,10-11H2/t6-/m0/s1. The number of benzene rings is 1.